The van der Waals surface area contributed by atoms with E-state index in [1.54, 1.807) is 12.1 Å². The number of aryl methyl sites for hydroxylation is 1. The molecule has 0 fully saturated rings. The topological polar surface area (TPSA) is 64.0 Å². The molecule has 29 heavy (non-hydrogen) atoms. The summed E-state index contributed by atoms with van der Waals surface area (Å²) in [6.07, 6.45) is -3.84. The van der Waals surface area contributed by atoms with Crippen molar-refractivity contribution in [3.8, 4) is 11.1 Å². The third-order valence-electron chi connectivity index (χ3n) is 4.17. The van der Waals surface area contributed by atoms with Gasteiger partial charge in [0.1, 0.15) is 5.82 Å². The first kappa shape index (κ1) is 20.2. The monoisotopic (exact) mass is 405 g/mol. The summed E-state index contributed by atoms with van der Waals surface area (Å²) in [7, 11) is 1.27. The Kier molecular flexibility index (Phi) is 5.23. The molecule has 0 radical (unpaired) electrons. The van der Waals surface area contributed by atoms with Crippen molar-refractivity contribution < 1.29 is 27.2 Å². The first-order valence-electron chi connectivity index (χ1n) is 8.39. The van der Waals surface area contributed by atoms with Crippen molar-refractivity contribution in [3.63, 3.8) is 0 Å². The minimum absolute atomic E-state index is 0.115. The van der Waals surface area contributed by atoms with Gasteiger partial charge in [-0.15, -0.1) is 0 Å². The number of carbonyl (C=O) groups is 2. The van der Waals surface area contributed by atoms with Crippen LogP contribution in [-0.2, 0) is 13.2 Å². The van der Waals surface area contributed by atoms with Gasteiger partial charge >= 0.3 is 6.18 Å². The summed E-state index contributed by atoms with van der Waals surface area (Å²) in [6, 6.07) is 9.68. The Morgan fingerprint density at radius 3 is 2.31 bits per heavy atom. The molecule has 0 saturated heterocycles. The van der Waals surface area contributed by atoms with E-state index in [0.717, 1.165) is 23.0 Å². The number of ketones is 1. The molecule has 1 heterocycles. The summed E-state index contributed by atoms with van der Waals surface area (Å²) < 4.78 is 54.1. The van der Waals surface area contributed by atoms with Gasteiger partial charge in [-0.2, -0.15) is 18.3 Å². The van der Waals surface area contributed by atoms with Crippen LogP contribution < -0.4 is 5.32 Å². The first-order valence-corrected chi connectivity index (χ1v) is 8.39. The Bertz CT molecular complexity index is 1090. The number of anilines is 1. The lowest BCUT2D eigenvalue weighted by molar-refractivity contribution is -0.141. The van der Waals surface area contributed by atoms with Gasteiger partial charge in [-0.05, 0) is 30.7 Å². The van der Waals surface area contributed by atoms with E-state index in [9.17, 15) is 27.2 Å². The SMILES string of the molecule is CC(=O)c1ccc(-c2cc(F)ccc2NC(=O)c2cn(C)nc2C(F)(F)F)cc1. The molecule has 1 N–H and O–H groups in total. The van der Waals surface area contributed by atoms with Crippen LogP contribution in [0.15, 0.2) is 48.7 Å². The summed E-state index contributed by atoms with van der Waals surface area (Å²) in [4.78, 5) is 23.9. The molecule has 0 spiro atoms. The maximum absolute atomic E-state index is 13.8. The second-order valence-corrected chi connectivity index (χ2v) is 6.34. The maximum atomic E-state index is 13.8. The number of hydrogen-bond donors (Lipinski definition) is 1. The molecule has 3 aromatic rings. The number of benzene rings is 2. The number of nitrogens with zero attached hydrogens (tertiary/aromatic N) is 2. The molecule has 1 aromatic heterocycles. The number of alkyl halides is 3. The van der Waals surface area contributed by atoms with Gasteiger partial charge < -0.3 is 5.32 Å². The van der Waals surface area contributed by atoms with Crippen molar-refractivity contribution in [1.82, 2.24) is 9.78 Å². The molecular formula is C20H15F4N3O2. The normalized spacial score (nSPS) is 11.4. The molecule has 9 heteroatoms. The number of rotatable bonds is 4. The predicted molar refractivity (Wildman–Crippen MR) is 98.0 cm³/mol. The lowest BCUT2D eigenvalue weighted by Crippen LogP contribution is -2.18. The number of carbonyl (C=O) groups excluding carboxylic acids is 2. The van der Waals surface area contributed by atoms with E-state index in [1.807, 2.05) is 0 Å². The van der Waals surface area contributed by atoms with Crippen LogP contribution in [0.25, 0.3) is 11.1 Å². The zero-order valence-electron chi connectivity index (χ0n) is 15.3. The average Bonchev–Trinajstić information content (AvgIpc) is 3.06. The highest BCUT2D eigenvalue weighted by Gasteiger charge is 2.39. The Hall–Kier alpha value is -3.49. The van der Waals surface area contributed by atoms with Gasteiger partial charge in [0.25, 0.3) is 5.91 Å². The van der Waals surface area contributed by atoms with Crippen molar-refractivity contribution in [1.29, 1.82) is 0 Å². The molecule has 0 unspecified atom stereocenters. The second-order valence-electron chi connectivity index (χ2n) is 6.34. The molecular weight excluding hydrogens is 390 g/mol. The number of hydrogen-bond acceptors (Lipinski definition) is 3. The fraction of sp³-hybridized carbons (Fsp3) is 0.150. The van der Waals surface area contributed by atoms with Gasteiger partial charge in [0, 0.05) is 30.1 Å². The van der Waals surface area contributed by atoms with Gasteiger partial charge in [0.15, 0.2) is 11.5 Å². The van der Waals surface area contributed by atoms with Crippen molar-refractivity contribution >= 4 is 17.4 Å². The fourth-order valence-corrected chi connectivity index (χ4v) is 2.80. The quantitative estimate of drug-likeness (QED) is 0.506. The van der Waals surface area contributed by atoms with Gasteiger partial charge in [-0.25, -0.2) is 4.39 Å². The van der Waals surface area contributed by atoms with Crippen molar-refractivity contribution in [2.24, 2.45) is 7.05 Å². The number of aromatic nitrogens is 2. The molecule has 2 aromatic carbocycles. The van der Waals surface area contributed by atoms with Crippen molar-refractivity contribution in [2.75, 3.05) is 5.32 Å². The predicted octanol–water partition coefficient (Wildman–Crippen LogP) is 4.70. The van der Waals surface area contributed by atoms with Crippen molar-refractivity contribution in [2.45, 2.75) is 13.1 Å². The van der Waals surface area contributed by atoms with Crippen LogP contribution in [0.5, 0.6) is 0 Å². The molecule has 0 aliphatic carbocycles. The summed E-state index contributed by atoms with van der Waals surface area (Å²) in [5, 5.41) is 5.69. The second kappa shape index (κ2) is 7.50. The standard InChI is InChI=1S/C20H15F4N3O2/c1-11(28)12-3-5-13(6-4-12)15-9-14(21)7-8-17(15)25-19(29)16-10-27(2)26-18(16)20(22,23)24/h3-10H,1-2H3,(H,25,29). The molecule has 150 valence electrons. The molecule has 5 nitrogen and oxygen atoms in total. The molecule has 3 rings (SSSR count). The van der Waals surface area contributed by atoms with E-state index in [4.69, 9.17) is 0 Å². The number of halogens is 4. The Balaban J connectivity index is 1.99. The molecule has 1 amide bonds. The Morgan fingerprint density at radius 2 is 1.72 bits per heavy atom. The minimum Gasteiger partial charge on any atom is -0.321 e. The summed E-state index contributed by atoms with van der Waals surface area (Å²) >= 11 is 0. The van der Waals surface area contributed by atoms with E-state index in [2.05, 4.69) is 10.4 Å². The van der Waals surface area contributed by atoms with Crippen LogP contribution in [0.3, 0.4) is 0 Å². The van der Waals surface area contributed by atoms with Crippen LogP contribution in [0.1, 0.15) is 33.3 Å². The molecule has 0 aliphatic heterocycles. The maximum Gasteiger partial charge on any atom is 0.435 e. The highest BCUT2D eigenvalue weighted by Crippen LogP contribution is 2.33. The van der Waals surface area contributed by atoms with Gasteiger partial charge in [0.05, 0.1) is 5.56 Å². The third kappa shape index (κ3) is 4.34. The molecule has 0 bridgehead atoms. The number of Topliss-reactive ketones (excluding diaryl/α,β-unsaturated/α-hetero) is 1. The van der Waals surface area contributed by atoms with E-state index >= 15 is 0 Å². The summed E-state index contributed by atoms with van der Waals surface area (Å²) in [5.74, 6) is -1.77. The molecule has 0 aliphatic rings. The van der Waals surface area contributed by atoms with Gasteiger partial charge in [0.2, 0.25) is 0 Å². The molecule has 0 atom stereocenters. The Labute approximate surface area is 163 Å². The number of nitrogens with one attached hydrogen (secondary N) is 1. The van der Waals surface area contributed by atoms with E-state index in [0.29, 0.717) is 11.1 Å². The minimum atomic E-state index is -4.80. The van der Waals surface area contributed by atoms with Gasteiger partial charge in [-0.3, -0.25) is 14.3 Å². The zero-order valence-corrected chi connectivity index (χ0v) is 15.3. The smallest absolute Gasteiger partial charge is 0.321 e. The van der Waals surface area contributed by atoms with Crippen LogP contribution in [0.4, 0.5) is 23.2 Å². The fourth-order valence-electron chi connectivity index (χ4n) is 2.80. The lowest BCUT2D eigenvalue weighted by atomic mass is 10.0. The summed E-state index contributed by atoms with van der Waals surface area (Å²) in [5.41, 5.74) is -0.669. The van der Waals surface area contributed by atoms with Crippen molar-refractivity contribution in [3.05, 3.63) is 71.3 Å². The highest BCUT2D eigenvalue weighted by molar-refractivity contribution is 6.07. The Morgan fingerprint density at radius 1 is 1.07 bits per heavy atom. The zero-order chi connectivity index (χ0) is 21.3. The van der Waals surface area contributed by atoms with Crippen LogP contribution >= 0.6 is 0 Å². The highest BCUT2D eigenvalue weighted by atomic mass is 19.4. The number of amides is 1. The van der Waals surface area contributed by atoms with E-state index < -0.39 is 29.2 Å². The largest absolute Gasteiger partial charge is 0.435 e. The molecule has 0 saturated carbocycles. The average molecular weight is 405 g/mol. The van der Waals surface area contributed by atoms with Gasteiger partial charge in [-0.1, -0.05) is 24.3 Å². The van der Waals surface area contributed by atoms with Crippen LogP contribution in [0, 0.1) is 5.82 Å². The third-order valence-corrected chi connectivity index (χ3v) is 4.17. The van der Waals surface area contributed by atoms with E-state index in [-0.39, 0.29) is 17.0 Å². The lowest BCUT2D eigenvalue weighted by Gasteiger charge is -2.12. The van der Waals surface area contributed by atoms with E-state index in [1.165, 1.54) is 32.2 Å². The van der Waals surface area contributed by atoms with Crippen LogP contribution in [0.2, 0.25) is 0 Å². The first-order chi connectivity index (χ1) is 13.6. The van der Waals surface area contributed by atoms with Crippen LogP contribution in [-0.4, -0.2) is 21.5 Å². The summed E-state index contributed by atoms with van der Waals surface area (Å²) in [6.45, 7) is 1.40.